The Morgan fingerprint density at radius 2 is 2.05 bits per heavy atom. The van der Waals surface area contributed by atoms with E-state index in [9.17, 15) is 0 Å². The smallest absolute Gasteiger partial charge is 0.119 e. The average Bonchev–Trinajstić information content (AvgIpc) is 2.85. The van der Waals surface area contributed by atoms with Crippen LogP contribution in [0.25, 0.3) is 0 Å². The molecule has 1 aromatic heterocycles. The van der Waals surface area contributed by atoms with Crippen LogP contribution < -0.4 is 10.1 Å². The molecule has 19 heavy (non-hydrogen) atoms. The molecule has 0 saturated carbocycles. The van der Waals surface area contributed by atoms with E-state index in [-0.39, 0.29) is 6.04 Å². The zero-order valence-electron chi connectivity index (χ0n) is 11.6. The first-order chi connectivity index (χ1) is 9.26. The molecular formula is C15H20N2OS. The van der Waals surface area contributed by atoms with E-state index in [1.807, 2.05) is 24.7 Å². The molecule has 3 nitrogen and oxygen atoms in total. The summed E-state index contributed by atoms with van der Waals surface area (Å²) >= 11 is 1.69. The number of nitrogens with zero attached hydrogens (tertiary/aromatic N) is 1. The molecule has 0 fully saturated rings. The van der Waals surface area contributed by atoms with Crippen LogP contribution in [0.4, 0.5) is 0 Å². The van der Waals surface area contributed by atoms with Crippen LogP contribution in [0.2, 0.25) is 0 Å². The molecule has 1 heterocycles. The van der Waals surface area contributed by atoms with E-state index in [0.717, 1.165) is 24.5 Å². The van der Waals surface area contributed by atoms with Crippen LogP contribution in [0.1, 0.15) is 35.5 Å². The second-order valence-electron chi connectivity index (χ2n) is 4.44. The molecule has 1 atom stereocenters. The van der Waals surface area contributed by atoms with Gasteiger partial charge in [0.05, 0.1) is 23.9 Å². The van der Waals surface area contributed by atoms with Crippen molar-refractivity contribution in [3.8, 4) is 5.75 Å². The summed E-state index contributed by atoms with van der Waals surface area (Å²) in [5.74, 6) is 0.932. The summed E-state index contributed by atoms with van der Waals surface area (Å²) in [6.45, 7) is 4.93. The largest absolute Gasteiger partial charge is 0.494 e. The molecule has 2 rings (SSSR count). The van der Waals surface area contributed by atoms with E-state index in [0.29, 0.717) is 0 Å². The van der Waals surface area contributed by atoms with Crippen molar-refractivity contribution in [1.29, 1.82) is 0 Å². The van der Waals surface area contributed by atoms with Crippen LogP contribution in [0.5, 0.6) is 5.75 Å². The Balaban J connectivity index is 2.18. The first-order valence-corrected chi connectivity index (χ1v) is 7.44. The number of hydrogen-bond donors (Lipinski definition) is 1. The second-order valence-corrected chi connectivity index (χ2v) is 5.33. The minimum Gasteiger partial charge on any atom is -0.494 e. The van der Waals surface area contributed by atoms with E-state index < -0.39 is 0 Å². The van der Waals surface area contributed by atoms with Gasteiger partial charge in [-0.3, -0.25) is 0 Å². The molecular weight excluding hydrogens is 256 g/mol. The third-order valence-electron chi connectivity index (χ3n) is 3.02. The first kappa shape index (κ1) is 14.0. The summed E-state index contributed by atoms with van der Waals surface area (Å²) in [6.07, 6.45) is 1.03. The minimum absolute atomic E-state index is 0.202. The van der Waals surface area contributed by atoms with Gasteiger partial charge in [0.1, 0.15) is 5.75 Å². The molecule has 0 aliphatic heterocycles. The Morgan fingerprint density at radius 3 is 2.58 bits per heavy atom. The highest BCUT2D eigenvalue weighted by Crippen LogP contribution is 2.28. The zero-order valence-corrected chi connectivity index (χ0v) is 12.5. The van der Waals surface area contributed by atoms with Crippen LogP contribution in [0, 0.1) is 6.92 Å². The molecule has 0 amide bonds. The van der Waals surface area contributed by atoms with Gasteiger partial charge >= 0.3 is 0 Å². The maximum atomic E-state index is 5.61. The number of aromatic nitrogens is 1. The van der Waals surface area contributed by atoms with Gasteiger partial charge < -0.3 is 10.1 Å². The SMILES string of the molecule is CCCOc1ccc(C(NC)c2scnc2C)cc1. The Bertz CT molecular complexity index is 507. The minimum atomic E-state index is 0.202. The van der Waals surface area contributed by atoms with E-state index in [1.165, 1.54) is 10.4 Å². The average molecular weight is 276 g/mol. The monoisotopic (exact) mass is 276 g/mol. The standard InChI is InChI=1S/C15H20N2OS/c1-4-9-18-13-7-5-12(6-8-13)14(16-3)15-11(2)17-10-19-15/h5-8,10,14,16H,4,9H2,1-3H3. The number of nitrogens with one attached hydrogen (secondary N) is 1. The maximum Gasteiger partial charge on any atom is 0.119 e. The number of thiazole rings is 1. The van der Waals surface area contributed by atoms with Crippen LogP contribution in [0.15, 0.2) is 29.8 Å². The fourth-order valence-electron chi connectivity index (χ4n) is 2.01. The molecule has 0 radical (unpaired) electrons. The van der Waals surface area contributed by atoms with Crippen molar-refractivity contribution >= 4 is 11.3 Å². The maximum absolute atomic E-state index is 5.61. The lowest BCUT2D eigenvalue weighted by atomic mass is 10.0. The Kier molecular flexibility index (Phi) is 4.93. The van der Waals surface area contributed by atoms with Gasteiger partial charge in [-0.1, -0.05) is 19.1 Å². The molecule has 0 bridgehead atoms. The predicted molar refractivity (Wildman–Crippen MR) is 80.0 cm³/mol. The lowest BCUT2D eigenvalue weighted by molar-refractivity contribution is 0.317. The van der Waals surface area contributed by atoms with Crippen LogP contribution in [-0.4, -0.2) is 18.6 Å². The van der Waals surface area contributed by atoms with Crippen molar-refractivity contribution in [2.24, 2.45) is 0 Å². The Labute approximate surface area is 118 Å². The number of hydrogen-bond acceptors (Lipinski definition) is 4. The molecule has 4 heteroatoms. The van der Waals surface area contributed by atoms with Crippen molar-refractivity contribution in [2.45, 2.75) is 26.3 Å². The quantitative estimate of drug-likeness (QED) is 0.876. The van der Waals surface area contributed by atoms with Gasteiger partial charge in [0.2, 0.25) is 0 Å². The van der Waals surface area contributed by atoms with Gasteiger partial charge in [-0.15, -0.1) is 11.3 Å². The number of benzene rings is 1. The third kappa shape index (κ3) is 3.33. The summed E-state index contributed by atoms with van der Waals surface area (Å²) < 4.78 is 5.61. The number of rotatable bonds is 6. The topological polar surface area (TPSA) is 34.1 Å². The Morgan fingerprint density at radius 1 is 1.32 bits per heavy atom. The lowest BCUT2D eigenvalue weighted by Gasteiger charge is -2.16. The van der Waals surface area contributed by atoms with Crippen molar-refractivity contribution < 1.29 is 4.74 Å². The summed E-state index contributed by atoms with van der Waals surface area (Å²) in [4.78, 5) is 5.59. The van der Waals surface area contributed by atoms with E-state index in [2.05, 4.69) is 36.3 Å². The van der Waals surface area contributed by atoms with Gasteiger partial charge in [0, 0.05) is 4.88 Å². The first-order valence-electron chi connectivity index (χ1n) is 6.56. The van der Waals surface area contributed by atoms with E-state index >= 15 is 0 Å². The van der Waals surface area contributed by atoms with Crippen molar-refractivity contribution in [3.63, 3.8) is 0 Å². The Hall–Kier alpha value is -1.39. The molecule has 0 spiro atoms. The third-order valence-corrected chi connectivity index (χ3v) is 4.02. The normalized spacial score (nSPS) is 12.4. The zero-order chi connectivity index (χ0) is 13.7. The summed E-state index contributed by atoms with van der Waals surface area (Å²) in [7, 11) is 1.98. The van der Waals surface area contributed by atoms with Crippen molar-refractivity contribution in [3.05, 3.63) is 45.9 Å². The van der Waals surface area contributed by atoms with Gasteiger partial charge in [-0.2, -0.15) is 0 Å². The molecule has 1 aromatic carbocycles. The van der Waals surface area contributed by atoms with Gasteiger partial charge in [-0.25, -0.2) is 4.98 Å². The molecule has 0 aliphatic carbocycles. The van der Waals surface area contributed by atoms with Gasteiger partial charge in [-0.05, 0) is 38.1 Å². The summed E-state index contributed by atoms with van der Waals surface area (Å²) in [6, 6.07) is 8.50. The molecule has 2 aromatic rings. The molecule has 1 unspecified atom stereocenters. The van der Waals surface area contributed by atoms with Gasteiger partial charge in [0.15, 0.2) is 0 Å². The van der Waals surface area contributed by atoms with Crippen LogP contribution in [-0.2, 0) is 0 Å². The molecule has 0 saturated heterocycles. The number of ether oxygens (including phenoxy) is 1. The van der Waals surface area contributed by atoms with E-state index in [4.69, 9.17) is 4.74 Å². The summed E-state index contributed by atoms with van der Waals surface area (Å²) in [5.41, 5.74) is 4.22. The van der Waals surface area contributed by atoms with Crippen LogP contribution >= 0.6 is 11.3 Å². The highest BCUT2D eigenvalue weighted by atomic mass is 32.1. The number of aryl methyl sites for hydroxylation is 1. The second kappa shape index (κ2) is 6.68. The predicted octanol–water partition coefficient (Wildman–Crippen LogP) is 3.55. The molecule has 1 N–H and O–H groups in total. The molecule has 0 aliphatic rings. The van der Waals surface area contributed by atoms with Crippen LogP contribution in [0.3, 0.4) is 0 Å². The van der Waals surface area contributed by atoms with Gasteiger partial charge in [0.25, 0.3) is 0 Å². The van der Waals surface area contributed by atoms with Crippen molar-refractivity contribution in [2.75, 3.05) is 13.7 Å². The fourth-order valence-corrected chi connectivity index (χ4v) is 2.95. The summed E-state index contributed by atoms with van der Waals surface area (Å²) in [5, 5.41) is 3.35. The highest BCUT2D eigenvalue weighted by Gasteiger charge is 2.16. The van der Waals surface area contributed by atoms with Crippen molar-refractivity contribution in [1.82, 2.24) is 10.3 Å². The van der Waals surface area contributed by atoms with E-state index in [1.54, 1.807) is 11.3 Å². The fraction of sp³-hybridized carbons (Fsp3) is 0.400. The molecule has 102 valence electrons. The lowest BCUT2D eigenvalue weighted by Crippen LogP contribution is -2.17. The highest BCUT2D eigenvalue weighted by molar-refractivity contribution is 7.09.